The Balaban J connectivity index is 2.11. The number of nitrogens with zero attached hydrogens (tertiary/aromatic N) is 3. The minimum atomic E-state index is -0.190. The highest BCUT2D eigenvalue weighted by molar-refractivity contribution is 9.10. The molecule has 1 amide bonds. The molecular weight excluding hydrogens is 334 g/mol. The number of rotatable bonds is 6. The molecule has 0 fully saturated rings. The van der Waals surface area contributed by atoms with E-state index >= 15 is 0 Å². The lowest BCUT2D eigenvalue weighted by atomic mass is 10.3. The number of hydrogen-bond donors (Lipinski definition) is 2. The zero-order valence-corrected chi connectivity index (χ0v) is 13.6. The maximum atomic E-state index is 12.1. The van der Waals surface area contributed by atoms with Crippen LogP contribution < -0.4 is 10.6 Å². The molecule has 0 saturated carbocycles. The van der Waals surface area contributed by atoms with Crippen molar-refractivity contribution in [2.75, 3.05) is 20.1 Å². The first-order chi connectivity index (χ1) is 10.1. The van der Waals surface area contributed by atoms with Crippen molar-refractivity contribution < 1.29 is 4.79 Å². The van der Waals surface area contributed by atoms with Crippen molar-refractivity contribution in [3.8, 4) is 5.69 Å². The van der Waals surface area contributed by atoms with Crippen LogP contribution in [0.4, 0.5) is 0 Å². The molecule has 0 saturated heterocycles. The van der Waals surface area contributed by atoms with Crippen LogP contribution in [0.2, 0.25) is 0 Å². The molecule has 0 aliphatic heterocycles. The Bertz CT molecular complexity index is 626. The number of aromatic nitrogens is 3. The Labute approximate surface area is 132 Å². The lowest BCUT2D eigenvalue weighted by Gasteiger charge is -2.05. The SMILES string of the molecule is CNCCCNC(=O)c1nnn(-c2cccc(Br)c2)c1C. The summed E-state index contributed by atoms with van der Waals surface area (Å²) < 4.78 is 2.61. The van der Waals surface area contributed by atoms with Gasteiger partial charge in [-0.1, -0.05) is 27.2 Å². The fourth-order valence-corrected chi connectivity index (χ4v) is 2.33. The van der Waals surface area contributed by atoms with Gasteiger partial charge >= 0.3 is 0 Å². The predicted octanol–water partition coefficient (Wildman–Crippen LogP) is 1.68. The lowest BCUT2D eigenvalue weighted by molar-refractivity contribution is 0.0947. The summed E-state index contributed by atoms with van der Waals surface area (Å²) in [6.45, 7) is 3.32. The molecule has 6 nitrogen and oxygen atoms in total. The van der Waals surface area contributed by atoms with Gasteiger partial charge in [0.1, 0.15) is 0 Å². The zero-order chi connectivity index (χ0) is 15.2. The van der Waals surface area contributed by atoms with Crippen molar-refractivity contribution in [2.45, 2.75) is 13.3 Å². The van der Waals surface area contributed by atoms with E-state index < -0.39 is 0 Å². The number of carbonyl (C=O) groups excluding carboxylic acids is 1. The largest absolute Gasteiger partial charge is 0.351 e. The van der Waals surface area contributed by atoms with Crippen LogP contribution in [0, 0.1) is 6.92 Å². The van der Waals surface area contributed by atoms with E-state index in [1.54, 1.807) is 4.68 Å². The fraction of sp³-hybridized carbons (Fsp3) is 0.357. The molecule has 0 radical (unpaired) electrons. The van der Waals surface area contributed by atoms with Gasteiger partial charge < -0.3 is 10.6 Å². The standard InChI is InChI=1S/C14H18BrN5O/c1-10-13(14(21)17-8-4-7-16-2)18-19-20(10)12-6-3-5-11(15)9-12/h3,5-6,9,16H,4,7-8H2,1-2H3,(H,17,21). The van der Waals surface area contributed by atoms with E-state index in [4.69, 9.17) is 0 Å². The van der Waals surface area contributed by atoms with Crippen LogP contribution in [0.15, 0.2) is 28.7 Å². The predicted molar refractivity (Wildman–Crippen MR) is 84.7 cm³/mol. The first-order valence-corrected chi connectivity index (χ1v) is 7.54. The molecule has 0 aliphatic rings. The Kier molecular flexibility index (Phi) is 5.46. The van der Waals surface area contributed by atoms with Gasteiger partial charge in [0.15, 0.2) is 5.69 Å². The summed E-state index contributed by atoms with van der Waals surface area (Å²) in [6.07, 6.45) is 0.876. The van der Waals surface area contributed by atoms with Crippen molar-refractivity contribution in [3.05, 3.63) is 40.1 Å². The third kappa shape index (κ3) is 3.89. The van der Waals surface area contributed by atoms with Crippen LogP contribution in [-0.4, -0.2) is 41.0 Å². The summed E-state index contributed by atoms with van der Waals surface area (Å²) in [5.74, 6) is -0.190. The molecule has 1 aromatic carbocycles. The normalized spacial score (nSPS) is 10.6. The zero-order valence-electron chi connectivity index (χ0n) is 12.1. The van der Waals surface area contributed by atoms with E-state index in [0.29, 0.717) is 12.2 Å². The quantitative estimate of drug-likeness (QED) is 0.776. The van der Waals surface area contributed by atoms with Gasteiger partial charge in [-0.25, -0.2) is 4.68 Å². The van der Waals surface area contributed by atoms with Crippen molar-refractivity contribution in [1.29, 1.82) is 0 Å². The van der Waals surface area contributed by atoms with Gasteiger partial charge in [-0.15, -0.1) is 5.10 Å². The van der Waals surface area contributed by atoms with Crippen molar-refractivity contribution in [1.82, 2.24) is 25.6 Å². The van der Waals surface area contributed by atoms with E-state index in [1.165, 1.54) is 0 Å². The summed E-state index contributed by atoms with van der Waals surface area (Å²) in [4.78, 5) is 12.1. The third-order valence-corrected chi connectivity index (χ3v) is 3.54. The molecule has 7 heteroatoms. The first kappa shape index (κ1) is 15.7. The molecule has 2 N–H and O–H groups in total. The molecular formula is C14H18BrN5O. The van der Waals surface area contributed by atoms with Crippen LogP contribution in [0.1, 0.15) is 22.6 Å². The second-order valence-corrected chi connectivity index (χ2v) is 5.54. The molecule has 1 aromatic heterocycles. The average molecular weight is 352 g/mol. The van der Waals surface area contributed by atoms with E-state index in [2.05, 4.69) is 36.9 Å². The number of nitrogens with one attached hydrogen (secondary N) is 2. The maximum Gasteiger partial charge on any atom is 0.273 e. The molecule has 2 aromatic rings. The van der Waals surface area contributed by atoms with Crippen LogP contribution in [0.25, 0.3) is 5.69 Å². The Morgan fingerprint density at radius 3 is 2.90 bits per heavy atom. The highest BCUT2D eigenvalue weighted by atomic mass is 79.9. The number of amides is 1. The molecule has 2 rings (SSSR count). The van der Waals surface area contributed by atoms with E-state index in [9.17, 15) is 4.79 Å². The van der Waals surface area contributed by atoms with E-state index in [1.807, 2.05) is 38.2 Å². The molecule has 0 spiro atoms. The minimum absolute atomic E-state index is 0.190. The number of hydrogen-bond acceptors (Lipinski definition) is 4. The van der Waals surface area contributed by atoms with Crippen molar-refractivity contribution in [3.63, 3.8) is 0 Å². The molecule has 112 valence electrons. The molecule has 0 aliphatic carbocycles. The molecule has 0 bridgehead atoms. The molecule has 0 unspecified atom stereocenters. The van der Waals surface area contributed by atoms with Crippen LogP contribution in [0.5, 0.6) is 0 Å². The molecule has 21 heavy (non-hydrogen) atoms. The second kappa shape index (κ2) is 7.33. The summed E-state index contributed by atoms with van der Waals surface area (Å²) in [5, 5.41) is 13.9. The highest BCUT2D eigenvalue weighted by Gasteiger charge is 2.16. The topological polar surface area (TPSA) is 71.8 Å². The maximum absolute atomic E-state index is 12.1. The molecule has 0 atom stereocenters. The Morgan fingerprint density at radius 1 is 1.38 bits per heavy atom. The van der Waals surface area contributed by atoms with Crippen molar-refractivity contribution >= 4 is 21.8 Å². The Hall–Kier alpha value is -1.73. The van der Waals surface area contributed by atoms with Crippen LogP contribution in [0.3, 0.4) is 0 Å². The summed E-state index contributed by atoms with van der Waals surface area (Å²) in [6, 6.07) is 7.69. The fourth-order valence-electron chi connectivity index (χ4n) is 1.94. The number of benzene rings is 1. The van der Waals surface area contributed by atoms with Gasteiger partial charge in [-0.2, -0.15) is 0 Å². The smallest absolute Gasteiger partial charge is 0.273 e. The third-order valence-electron chi connectivity index (χ3n) is 3.05. The first-order valence-electron chi connectivity index (χ1n) is 6.74. The van der Waals surface area contributed by atoms with Gasteiger partial charge in [0.05, 0.1) is 11.4 Å². The summed E-state index contributed by atoms with van der Waals surface area (Å²) >= 11 is 3.42. The minimum Gasteiger partial charge on any atom is -0.351 e. The van der Waals surface area contributed by atoms with Gasteiger partial charge in [0.25, 0.3) is 5.91 Å². The Morgan fingerprint density at radius 2 is 2.19 bits per heavy atom. The average Bonchev–Trinajstić information content (AvgIpc) is 2.85. The summed E-state index contributed by atoms with van der Waals surface area (Å²) in [7, 11) is 1.88. The summed E-state index contributed by atoms with van der Waals surface area (Å²) in [5.41, 5.74) is 1.95. The van der Waals surface area contributed by atoms with Gasteiger partial charge in [-0.05, 0) is 45.1 Å². The highest BCUT2D eigenvalue weighted by Crippen LogP contribution is 2.17. The van der Waals surface area contributed by atoms with Crippen molar-refractivity contribution in [2.24, 2.45) is 0 Å². The molecule has 1 heterocycles. The lowest BCUT2D eigenvalue weighted by Crippen LogP contribution is -2.27. The van der Waals surface area contributed by atoms with Gasteiger partial charge in [0, 0.05) is 11.0 Å². The van der Waals surface area contributed by atoms with Gasteiger partial charge in [0.2, 0.25) is 0 Å². The monoisotopic (exact) mass is 351 g/mol. The second-order valence-electron chi connectivity index (χ2n) is 4.63. The van der Waals surface area contributed by atoms with E-state index in [0.717, 1.165) is 28.8 Å². The van der Waals surface area contributed by atoms with Gasteiger partial charge in [-0.3, -0.25) is 4.79 Å². The number of carbonyl (C=O) groups is 1. The van der Waals surface area contributed by atoms with Crippen LogP contribution in [-0.2, 0) is 0 Å². The number of halogens is 1. The van der Waals surface area contributed by atoms with Crippen LogP contribution >= 0.6 is 15.9 Å². The van der Waals surface area contributed by atoms with E-state index in [-0.39, 0.29) is 5.91 Å².